The minimum atomic E-state index is -0.732. The van der Waals surface area contributed by atoms with Crippen molar-refractivity contribution in [3.8, 4) is 22.9 Å². The number of rotatable bonds is 5. The lowest BCUT2D eigenvalue weighted by atomic mass is 9.83. The Morgan fingerprint density at radius 3 is 2.27 bits per heavy atom. The first-order valence-electron chi connectivity index (χ1n) is 9.17. The number of ether oxygens (including phenoxy) is 1. The van der Waals surface area contributed by atoms with Crippen LogP contribution in [0.2, 0.25) is 0 Å². The van der Waals surface area contributed by atoms with Gasteiger partial charge in [0.1, 0.15) is 11.3 Å². The van der Waals surface area contributed by atoms with Crippen molar-refractivity contribution in [2.75, 3.05) is 0 Å². The fraction of sp³-hybridized carbons (Fsp3) is 0.364. The van der Waals surface area contributed by atoms with Crippen molar-refractivity contribution in [3.63, 3.8) is 0 Å². The van der Waals surface area contributed by atoms with Crippen molar-refractivity contribution in [2.45, 2.75) is 50.7 Å². The molecule has 1 fully saturated rings. The van der Waals surface area contributed by atoms with Crippen LogP contribution in [0.3, 0.4) is 0 Å². The third kappa shape index (κ3) is 4.23. The zero-order chi connectivity index (χ0) is 18.4. The molecular weight excluding hydrogens is 324 g/mol. The number of nitrogens with one attached hydrogen (secondary N) is 1. The molecule has 0 saturated heterocycles. The first kappa shape index (κ1) is 18.0. The molecule has 4 nitrogen and oxygen atoms in total. The lowest BCUT2D eigenvalue weighted by molar-refractivity contribution is -0.129. The van der Waals surface area contributed by atoms with Crippen LogP contribution in [0.25, 0.3) is 11.1 Å². The van der Waals surface area contributed by atoms with Gasteiger partial charge in [-0.2, -0.15) is 5.26 Å². The van der Waals surface area contributed by atoms with Crippen LogP contribution in [0.15, 0.2) is 54.6 Å². The molecule has 2 aromatic rings. The Labute approximate surface area is 154 Å². The second-order valence-electron chi connectivity index (χ2n) is 6.89. The number of hydrogen-bond donors (Lipinski definition) is 1. The number of carbonyl (C=O) groups is 1. The molecule has 0 aromatic heterocycles. The minimum Gasteiger partial charge on any atom is -0.481 e. The van der Waals surface area contributed by atoms with Gasteiger partial charge in [0.2, 0.25) is 0 Å². The maximum Gasteiger partial charge on any atom is 0.262 e. The lowest BCUT2D eigenvalue weighted by Crippen LogP contribution is -2.52. The van der Waals surface area contributed by atoms with E-state index in [1.165, 1.54) is 0 Å². The van der Waals surface area contributed by atoms with Crippen LogP contribution in [0.5, 0.6) is 5.75 Å². The largest absolute Gasteiger partial charge is 0.481 e. The van der Waals surface area contributed by atoms with Gasteiger partial charge < -0.3 is 10.1 Å². The molecule has 0 radical (unpaired) electrons. The SMILES string of the molecule is C[C@H](Oc1ccc(-c2ccccc2)cc1)C(=O)NC1(C#N)CCCCC1. The maximum atomic E-state index is 12.5. The summed E-state index contributed by atoms with van der Waals surface area (Å²) in [6.45, 7) is 1.72. The van der Waals surface area contributed by atoms with E-state index >= 15 is 0 Å². The Bertz CT molecular complexity index is 772. The molecule has 1 saturated carbocycles. The molecule has 0 spiro atoms. The van der Waals surface area contributed by atoms with Gasteiger partial charge >= 0.3 is 0 Å². The van der Waals surface area contributed by atoms with Crippen LogP contribution in [-0.4, -0.2) is 17.6 Å². The average Bonchev–Trinajstić information content (AvgIpc) is 2.70. The van der Waals surface area contributed by atoms with Crippen LogP contribution in [0, 0.1) is 11.3 Å². The van der Waals surface area contributed by atoms with Gasteiger partial charge in [-0.25, -0.2) is 0 Å². The number of nitrogens with zero attached hydrogens (tertiary/aromatic N) is 1. The van der Waals surface area contributed by atoms with E-state index in [1.807, 2.05) is 42.5 Å². The second-order valence-corrected chi connectivity index (χ2v) is 6.89. The molecule has 1 amide bonds. The first-order chi connectivity index (χ1) is 12.6. The van der Waals surface area contributed by atoms with Gasteiger partial charge in [0.25, 0.3) is 5.91 Å². The molecule has 0 unspecified atom stereocenters. The molecule has 2 aromatic carbocycles. The monoisotopic (exact) mass is 348 g/mol. The number of benzene rings is 2. The smallest absolute Gasteiger partial charge is 0.262 e. The van der Waals surface area contributed by atoms with Crippen LogP contribution in [0.1, 0.15) is 39.0 Å². The topological polar surface area (TPSA) is 62.1 Å². The lowest BCUT2D eigenvalue weighted by Gasteiger charge is -2.32. The molecule has 134 valence electrons. The summed E-state index contributed by atoms with van der Waals surface area (Å²) < 4.78 is 5.78. The highest BCUT2D eigenvalue weighted by molar-refractivity contribution is 5.82. The van der Waals surface area contributed by atoms with Crippen LogP contribution < -0.4 is 10.1 Å². The van der Waals surface area contributed by atoms with Gasteiger partial charge in [-0.15, -0.1) is 0 Å². The van der Waals surface area contributed by atoms with Crippen molar-refractivity contribution >= 4 is 5.91 Å². The number of carbonyl (C=O) groups excluding carboxylic acids is 1. The summed E-state index contributed by atoms with van der Waals surface area (Å²) >= 11 is 0. The molecule has 4 heteroatoms. The highest BCUT2D eigenvalue weighted by Crippen LogP contribution is 2.28. The van der Waals surface area contributed by atoms with Crippen molar-refractivity contribution in [2.24, 2.45) is 0 Å². The van der Waals surface area contributed by atoms with Gasteiger partial charge in [0, 0.05) is 0 Å². The van der Waals surface area contributed by atoms with Crippen molar-refractivity contribution in [3.05, 3.63) is 54.6 Å². The van der Waals surface area contributed by atoms with Crippen LogP contribution in [-0.2, 0) is 4.79 Å². The van der Waals surface area contributed by atoms with Crippen molar-refractivity contribution < 1.29 is 9.53 Å². The number of amides is 1. The Balaban J connectivity index is 1.61. The van der Waals surface area contributed by atoms with Crippen molar-refractivity contribution in [1.29, 1.82) is 5.26 Å². The summed E-state index contributed by atoms with van der Waals surface area (Å²) in [6, 6.07) is 20.1. The van der Waals surface area contributed by atoms with E-state index in [9.17, 15) is 10.1 Å². The van der Waals surface area contributed by atoms with E-state index in [4.69, 9.17) is 4.74 Å². The van der Waals surface area contributed by atoms with Crippen LogP contribution in [0.4, 0.5) is 0 Å². The Morgan fingerprint density at radius 1 is 1.04 bits per heavy atom. The van der Waals surface area contributed by atoms with E-state index in [0.29, 0.717) is 18.6 Å². The van der Waals surface area contributed by atoms with E-state index < -0.39 is 11.6 Å². The Hall–Kier alpha value is -2.80. The molecule has 3 rings (SSSR count). The van der Waals surface area contributed by atoms with Gasteiger partial charge in [-0.05, 0) is 43.0 Å². The fourth-order valence-corrected chi connectivity index (χ4v) is 3.37. The van der Waals surface area contributed by atoms with Crippen LogP contribution >= 0.6 is 0 Å². The quantitative estimate of drug-likeness (QED) is 0.867. The van der Waals surface area contributed by atoms with Gasteiger partial charge in [0.05, 0.1) is 6.07 Å². The third-order valence-electron chi connectivity index (χ3n) is 4.93. The van der Waals surface area contributed by atoms with E-state index in [0.717, 1.165) is 30.4 Å². The predicted octanol–water partition coefficient (Wildman–Crippen LogP) is 4.46. The maximum absolute atomic E-state index is 12.5. The normalized spacial score (nSPS) is 16.9. The number of nitriles is 1. The number of hydrogen-bond acceptors (Lipinski definition) is 3. The molecule has 1 N–H and O–H groups in total. The minimum absolute atomic E-state index is 0.236. The Morgan fingerprint density at radius 2 is 1.65 bits per heavy atom. The molecular formula is C22H24N2O2. The molecule has 0 aliphatic heterocycles. The van der Waals surface area contributed by atoms with E-state index in [-0.39, 0.29) is 5.91 Å². The Kier molecular flexibility index (Phi) is 5.58. The average molecular weight is 348 g/mol. The molecule has 26 heavy (non-hydrogen) atoms. The van der Waals surface area contributed by atoms with Gasteiger partial charge in [-0.1, -0.05) is 61.7 Å². The summed E-state index contributed by atoms with van der Waals surface area (Å²) in [5.41, 5.74) is 1.50. The highest BCUT2D eigenvalue weighted by atomic mass is 16.5. The summed E-state index contributed by atoms with van der Waals surface area (Å²) in [7, 11) is 0. The third-order valence-corrected chi connectivity index (χ3v) is 4.93. The first-order valence-corrected chi connectivity index (χ1v) is 9.17. The van der Waals surface area contributed by atoms with Gasteiger partial charge in [-0.3, -0.25) is 4.79 Å². The fourth-order valence-electron chi connectivity index (χ4n) is 3.37. The summed E-state index contributed by atoms with van der Waals surface area (Å²) in [5, 5.41) is 12.4. The zero-order valence-corrected chi connectivity index (χ0v) is 15.1. The van der Waals surface area contributed by atoms with Crippen molar-refractivity contribution in [1.82, 2.24) is 5.32 Å². The molecule has 0 heterocycles. The summed E-state index contributed by atoms with van der Waals surface area (Å²) in [5.74, 6) is 0.405. The second kappa shape index (κ2) is 8.05. The standard InChI is InChI=1S/C22H24N2O2/c1-17(21(25)24-22(16-23)14-6-3-7-15-22)26-20-12-10-19(11-13-20)18-8-4-2-5-9-18/h2,4-5,8-13,17H,3,6-7,14-15H2,1H3,(H,24,25)/t17-/m0/s1. The predicted molar refractivity (Wildman–Crippen MR) is 102 cm³/mol. The highest BCUT2D eigenvalue weighted by Gasteiger charge is 2.35. The molecule has 1 atom stereocenters. The van der Waals surface area contributed by atoms with E-state index in [2.05, 4.69) is 23.5 Å². The van der Waals surface area contributed by atoms with E-state index in [1.54, 1.807) is 6.92 Å². The summed E-state index contributed by atoms with van der Waals surface area (Å²) in [6.07, 6.45) is 3.86. The molecule has 0 bridgehead atoms. The summed E-state index contributed by atoms with van der Waals surface area (Å²) in [4.78, 5) is 12.5. The zero-order valence-electron chi connectivity index (χ0n) is 15.1. The molecule has 1 aliphatic carbocycles. The van der Waals surface area contributed by atoms with Gasteiger partial charge in [0.15, 0.2) is 6.10 Å². The molecule has 1 aliphatic rings.